The van der Waals surface area contributed by atoms with Crippen molar-refractivity contribution in [2.24, 2.45) is 5.92 Å². The minimum absolute atomic E-state index is 0.137. The van der Waals surface area contributed by atoms with Crippen molar-refractivity contribution in [1.29, 1.82) is 0 Å². The average Bonchev–Trinajstić information content (AvgIpc) is 3.11. The molecule has 0 aromatic heterocycles. The first-order valence-electron chi connectivity index (χ1n) is 8.58. The zero-order valence-corrected chi connectivity index (χ0v) is 15.5. The van der Waals surface area contributed by atoms with E-state index in [0.29, 0.717) is 16.5 Å². The number of anilines is 1. The van der Waals surface area contributed by atoms with Gasteiger partial charge >= 0.3 is 5.97 Å². The lowest BCUT2D eigenvalue weighted by Crippen LogP contribution is -2.50. The van der Waals surface area contributed by atoms with Gasteiger partial charge in [-0.3, -0.25) is 9.59 Å². The normalized spacial score (nSPS) is 27.8. The fourth-order valence-electron chi connectivity index (χ4n) is 4.58. The van der Waals surface area contributed by atoms with Crippen LogP contribution in [0.1, 0.15) is 17.0 Å². The number of methoxy groups -OCH3 is 1. The van der Waals surface area contributed by atoms with E-state index in [2.05, 4.69) is 5.32 Å². The number of amides is 1. The lowest BCUT2D eigenvalue weighted by molar-refractivity contribution is -0.139. The summed E-state index contributed by atoms with van der Waals surface area (Å²) in [7, 11) is 3.31. The molecule has 5 rings (SSSR count). The van der Waals surface area contributed by atoms with Crippen LogP contribution in [0.2, 0.25) is 0 Å². The van der Waals surface area contributed by atoms with Crippen LogP contribution in [0.25, 0.3) is 0 Å². The van der Waals surface area contributed by atoms with Gasteiger partial charge in [-0.1, -0.05) is 30.4 Å². The van der Waals surface area contributed by atoms with Gasteiger partial charge in [0.15, 0.2) is 5.54 Å². The van der Waals surface area contributed by atoms with E-state index < -0.39 is 23.3 Å². The van der Waals surface area contributed by atoms with Crippen LogP contribution in [0.5, 0.6) is 11.5 Å². The first-order chi connectivity index (χ1) is 13.0. The number of nitrogens with one attached hydrogen (secondary N) is 1. The minimum Gasteiger partial charge on any atom is -0.497 e. The summed E-state index contributed by atoms with van der Waals surface area (Å²) in [5.74, 6) is -0.731. The van der Waals surface area contributed by atoms with Crippen LogP contribution in [0.15, 0.2) is 42.5 Å². The second-order valence-electron chi connectivity index (χ2n) is 6.96. The molecule has 3 aliphatic rings. The number of thiocarbonyl (C=S) groups is 1. The Morgan fingerprint density at radius 2 is 2.00 bits per heavy atom. The quantitative estimate of drug-likeness (QED) is 0.464. The summed E-state index contributed by atoms with van der Waals surface area (Å²) in [6.45, 7) is 0. The highest BCUT2D eigenvalue weighted by Gasteiger charge is 2.66. The molecule has 0 unspecified atom stereocenters. The number of likely N-dealkylation sites (N-methyl/N-ethyl adjacent to an activating group) is 1. The predicted molar refractivity (Wildman–Crippen MR) is 102 cm³/mol. The Morgan fingerprint density at radius 3 is 2.78 bits per heavy atom. The Bertz CT molecular complexity index is 1040. The highest BCUT2D eigenvalue weighted by molar-refractivity contribution is 7.80. The van der Waals surface area contributed by atoms with Crippen LogP contribution in [0, 0.1) is 5.92 Å². The van der Waals surface area contributed by atoms with Gasteiger partial charge in [0.05, 0.1) is 12.1 Å². The smallest absolute Gasteiger partial charge is 0.322 e. The van der Waals surface area contributed by atoms with E-state index in [0.717, 1.165) is 16.8 Å². The molecule has 1 fully saturated rings. The molecule has 1 spiro atoms. The maximum absolute atomic E-state index is 13.5. The third kappa shape index (κ3) is 1.87. The van der Waals surface area contributed by atoms with E-state index in [9.17, 15) is 9.59 Å². The molecule has 27 heavy (non-hydrogen) atoms. The summed E-state index contributed by atoms with van der Waals surface area (Å²) in [6, 6.07) is 12.8. The number of nitrogens with zero attached hydrogens (tertiary/aromatic N) is 1. The van der Waals surface area contributed by atoms with Gasteiger partial charge in [0, 0.05) is 29.8 Å². The molecule has 3 atom stereocenters. The molecule has 0 radical (unpaired) electrons. The lowest BCUT2D eigenvalue weighted by Gasteiger charge is -2.35. The number of benzene rings is 2. The van der Waals surface area contributed by atoms with Crippen molar-refractivity contribution in [1.82, 2.24) is 5.32 Å². The van der Waals surface area contributed by atoms with Crippen molar-refractivity contribution in [2.45, 2.75) is 11.5 Å². The molecule has 7 heteroatoms. The standard InChI is InChI=1S/C20H16N2O4S/c1-22-13-6-4-3-5-12(13)20(19(22)24)16-11-9-10(25-2)7-8-14(11)26-18(23)15(16)17(27)21-20/h3-9,15-16H,1-2H3,(H,21,27)/t15-,16+,20-/m0/s1. The molecule has 2 aromatic rings. The lowest BCUT2D eigenvalue weighted by atomic mass is 9.71. The SMILES string of the molecule is COc1ccc2c(c1)[C@@H]1[C@H](C(=O)O2)C(=S)N[C@]12C(=O)N(C)c1ccccc12. The summed E-state index contributed by atoms with van der Waals surface area (Å²) in [6.07, 6.45) is 0. The van der Waals surface area contributed by atoms with Crippen molar-refractivity contribution in [3.8, 4) is 11.5 Å². The summed E-state index contributed by atoms with van der Waals surface area (Å²) in [4.78, 5) is 28.2. The number of para-hydroxylation sites is 1. The Morgan fingerprint density at radius 1 is 1.22 bits per heavy atom. The van der Waals surface area contributed by atoms with Crippen molar-refractivity contribution in [3.63, 3.8) is 0 Å². The average molecular weight is 380 g/mol. The van der Waals surface area contributed by atoms with Gasteiger partial charge in [-0.05, 0) is 24.3 Å². The zero-order valence-electron chi connectivity index (χ0n) is 14.7. The van der Waals surface area contributed by atoms with Crippen molar-refractivity contribution in [2.75, 3.05) is 19.1 Å². The summed E-state index contributed by atoms with van der Waals surface area (Å²) >= 11 is 5.50. The van der Waals surface area contributed by atoms with Crippen LogP contribution >= 0.6 is 12.2 Å². The van der Waals surface area contributed by atoms with Crippen molar-refractivity contribution >= 4 is 34.8 Å². The van der Waals surface area contributed by atoms with Crippen LogP contribution in [-0.2, 0) is 15.1 Å². The number of rotatable bonds is 1. The molecule has 1 amide bonds. The summed E-state index contributed by atoms with van der Waals surface area (Å²) in [5.41, 5.74) is 1.23. The van der Waals surface area contributed by atoms with Crippen molar-refractivity contribution in [3.05, 3.63) is 53.6 Å². The molecular formula is C20H16N2O4S. The third-order valence-corrected chi connectivity index (χ3v) is 6.11. The van der Waals surface area contributed by atoms with Crippen LogP contribution in [0.4, 0.5) is 5.69 Å². The van der Waals surface area contributed by atoms with Gasteiger partial charge in [-0.2, -0.15) is 0 Å². The molecule has 1 N–H and O–H groups in total. The first kappa shape index (κ1) is 16.3. The monoisotopic (exact) mass is 380 g/mol. The van der Waals surface area contributed by atoms with E-state index in [4.69, 9.17) is 21.7 Å². The molecule has 0 bridgehead atoms. The van der Waals surface area contributed by atoms with Crippen LogP contribution in [-0.4, -0.2) is 31.0 Å². The number of carbonyl (C=O) groups is 2. The highest BCUT2D eigenvalue weighted by Crippen LogP contribution is 2.57. The fourth-order valence-corrected chi connectivity index (χ4v) is 4.97. The maximum Gasteiger partial charge on any atom is 0.322 e. The Kier molecular flexibility index (Phi) is 3.19. The Balaban J connectivity index is 1.82. The van der Waals surface area contributed by atoms with E-state index in [1.165, 1.54) is 0 Å². The van der Waals surface area contributed by atoms with Crippen LogP contribution in [0.3, 0.4) is 0 Å². The molecular weight excluding hydrogens is 364 g/mol. The fraction of sp³-hybridized carbons (Fsp3) is 0.250. The molecule has 6 nitrogen and oxygen atoms in total. The summed E-state index contributed by atoms with van der Waals surface area (Å²) in [5, 5.41) is 3.22. The number of esters is 1. The van der Waals surface area contributed by atoms with E-state index in [1.54, 1.807) is 31.2 Å². The first-order valence-corrected chi connectivity index (χ1v) is 8.99. The topological polar surface area (TPSA) is 67.9 Å². The van der Waals surface area contributed by atoms with E-state index in [1.807, 2.05) is 30.3 Å². The third-order valence-electron chi connectivity index (χ3n) is 5.75. The van der Waals surface area contributed by atoms with Gasteiger partial charge in [0.25, 0.3) is 5.91 Å². The number of hydrogen-bond acceptors (Lipinski definition) is 5. The number of carbonyl (C=O) groups excluding carboxylic acids is 2. The predicted octanol–water partition coefficient (Wildman–Crippen LogP) is 2.12. The van der Waals surface area contributed by atoms with Gasteiger partial charge in [0.1, 0.15) is 17.4 Å². The Labute approximate surface area is 161 Å². The molecule has 2 aromatic carbocycles. The van der Waals surface area contributed by atoms with E-state index in [-0.39, 0.29) is 5.91 Å². The molecule has 0 aliphatic carbocycles. The van der Waals surface area contributed by atoms with Crippen LogP contribution < -0.4 is 19.7 Å². The second kappa shape index (κ2) is 5.29. The number of ether oxygens (including phenoxy) is 2. The minimum atomic E-state index is -1.13. The van der Waals surface area contributed by atoms with Gasteiger partial charge < -0.3 is 19.7 Å². The zero-order chi connectivity index (χ0) is 18.9. The molecule has 3 heterocycles. The largest absolute Gasteiger partial charge is 0.497 e. The highest BCUT2D eigenvalue weighted by atomic mass is 32.1. The number of hydrogen-bond donors (Lipinski definition) is 1. The second-order valence-corrected chi connectivity index (χ2v) is 7.40. The van der Waals surface area contributed by atoms with Gasteiger partial charge in [-0.25, -0.2) is 0 Å². The van der Waals surface area contributed by atoms with Crippen molar-refractivity contribution < 1.29 is 19.1 Å². The van der Waals surface area contributed by atoms with Gasteiger partial charge in [0.2, 0.25) is 0 Å². The molecule has 0 saturated carbocycles. The maximum atomic E-state index is 13.5. The Hall–Kier alpha value is -2.93. The van der Waals surface area contributed by atoms with Gasteiger partial charge in [-0.15, -0.1) is 0 Å². The molecule has 3 aliphatic heterocycles. The summed E-state index contributed by atoms with van der Waals surface area (Å²) < 4.78 is 10.9. The molecule has 1 saturated heterocycles. The van der Waals surface area contributed by atoms with E-state index >= 15 is 0 Å². The number of fused-ring (bicyclic) bond motifs is 6. The molecule has 136 valence electrons.